The average Bonchev–Trinajstić information content (AvgIpc) is 2.85. The number of nitro benzene ring substituents is 1. The van der Waals surface area contributed by atoms with E-state index in [2.05, 4.69) is 0 Å². The first-order chi connectivity index (χ1) is 11.8. The van der Waals surface area contributed by atoms with Crippen LogP contribution in [0.1, 0.15) is 18.9 Å². The van der Waals surface area contributed by atoms with Crippen molar-refractivity contribution in [2.75, 3.05) is 0 Å². The number of hydrogen-bond donors (Lipinski definition) is 2. The van der Waals surface area contributed by atoms with E-state index >= 15 is 0 Å². The molecule has 2 aliphatic heterocycles. The summed E-state index contributed by atoms with van der Waals surface area (Å²) in [7, 11) is 0. The molecular weight excluding hydrogens is 330 g/mol. The first kappa shape index (κ1) is 16.9. The van der Waals surface area contributed by atoms with Gasteiger partial charge in [0.2, 0.25) is 5.91 Å². The van der Waals surface area contributed by atoms with Gasteiger partial charge in [0.15, 0.2) is 0 Å². The summed E-state index contributed by atoms with van der Waals surface area (Å²) in [6.07, 6.45) is -0.486. The lowest BCUT2D eigenvalue weighted by molar-refractivity contribution is -0.384. The summed E-state index contributed by atoms with van der Waals surface area (Å²) < 4.78 is 5.18. The number of amides is 1. The van der Waals surface area contributed by atoms with Gasteiger partial charge in [-0.25, -0.2) is 4.79 Å². The van der Waals surface area contributed by atoms with Crippen LogP contribution in [0.15, 0.2) is 35.7 Å². The summed E-state index contributed by atoms with van der Waals surface area (Å²) in [6, 6.07) is 5.29. The van der Waals surface area contributed by atoms with Crippen LogP contribution in [0.5, 0.6) is 0 Å². The molecular formula is C16H17N3O6. The number of ether oxygens (including phenoxy) is 1. The smallest absolute Gasteiger partial charge is 0.357 e. The number of nitrogens with zero attached hydrogens (tertiary/aromatic N) is 2. The van der Waals surface area contributed by atoms with Crippen LogP contribution in [0.2, 0.25) is 0 Å². The number of nitrogens with two attached hydrogens (primary N) is 1. The fraction of sp³-hybridized carbons (Fsp3) is 0.375. The van der Waals surface area contributed by atoms with Crippen molar-refractivity contribution >= 4 is 17.6 Å². The Bertz CT molecular complexity index is 771. The van der Waals surface area contributed by atoms with Gasteiger partial charge in [0.1, 0.15) is 12.3 Å². The van der Waals surface area contributed by atoms with Gasteiger partial charge in [0.25, 0.3) is 5.69 Å². The van der Waals surface area contributed by atoms with E-state index < -0.39 is 22.9 Å². The highest BCUT2D eigenvalue weighted by Gasteiger charge is 2.56. The lowest BCUT2D eigenvalue weighted by Crippen LogP contribution is -2.61. The monoisotopic (exact) mass is 347 g/mol. The first-order valence-electron chi connectivity index (χ1n) is 7.71. The molecule has 3 atom stereocenters. The van der Waals surface area contributed by atoms with Crippen molar-refractivity contribution in [2.45, 2.75) is 32.1 Å². The topological polar surface area (TPSA) is 136 Å². The minimum Gasteiger partial charge on any atom is -0.456 e. The number of benzene rings is 1. The SMILES string of the molecule is C[C@@H](O)[C@H]1C(=O)N2C(C(=O)OCc3ccc([N+](=O)[O-])cc3)=C(N)C[C@H]12. The van der Waals surface area contributed by atoms with E-state index in [9.17, 15) is 24.8 Å². The van der Waals surface area contributed by atoms with Crippen molar-refractivity contribution in [2.24, 2.45) is 11.7 Å². The van der Waals surface area contributed by atoms with Crippen molar-refractivity contribution in [3.63, 3.8) is 0 Å². The van der Waals surface area contributed by atoms with Crippen LogP contribution in [-0.4, -0.2) is 39.0 Å². The highest BCUT2D eigenvalue weighted by molar-refractivity contribution is 6.00. The minimum atomic E-state index is -0.808. The van der Waals surface area contributed by atoms with Crippen molar-refractivity contribution in [1.82, 2.24) is 4.90 Å². The van der Waals surface area contributed by atoms with Crippen LogP contribution in [0.4, 0.5) is 5.69 Å². The highest BCUT2D eigenvalue weighted by Crippen LogP contribution is 2.42. The fourth-order valence-corrected chi connectivity index (χ4v) is 3.23. The standard InChI is InChI=1S/C16H17N3O6/c1-8(20)13-12-6-11(17)14(18(12)15(13)21)16(22)25-7-9-2-4-10(5-3-9)19(23)24/h2-5,8,12-13,20H,6-7,17H2,1H3/t8-,12-,13-/m1/s1. The van der Waals surface area contributed by atoms with Crippen LogP contribution >= 0.6 is 0 Å². The van der Waals surface area contributed by atoms with Crippen LogP contribution in [0.25, 0.3) is 0 Å². The van der Waals surface area contributed by atoms with Crippen molar-refractivity contribution in [1.29, 1.82) is 0 Å². The number of carbonyl (C=O) groups excluding carboxylic acids is 2. The van der Waals surface area contributed by atoms with Gasteiger partial charge in [-0.1, -0.05) is 0 Å². The molecule has 3 N–H and O–H groups in total. The Kier molecular flexibility index (Phi) is 4.17. The average molecular weight is 347 g/mol. The van der Waals surface area contributed by atoms with Crippen LogP contribution < -0.4 is 5.73 Å². The number of nitro groups is 1. The molecule has 0 spiro atoms. The van der Waals surface area contributed by atoms with E-state index in [1.165, 1.54) is 36.1 Å². The molecule has 1 fully saturated rings. The van der Waals surface area contributed by atoms with E-state index in [0.29, 0.717) is 12.0 Å². The molecule has 0 unspecified atom stereocenters. The minimum absolute atomic E-state index is 0.0220. The third-order valence-electron chi connectivity index (χ3n) is 4.47. The van der Waals surface area contributed by atoms with Crippen molar-refractivity contribution < 1.29 is 24.4 Å². The highest BCUT2D eigenvalue weighted by atomic mass is 16.6. The molecule has 0 saturated carbocycles. The van der Waals surface area contributed by atoms with E-state index in [-0.39, 0.29) is 35.6 Å². The molecule has 0 aliphatic carbocycles. The van der Waals surface area contributed by atoms with Gasteiger partial charge in [0.05, 0.1) is 23.0 Å². The number of fused-ring (bicyclic) bond motifs is 1. The quantitative estimate of drug-likeness (QED) is 0.341. The predicted octanol–water partition coefficient (Wildman–Crippen LogP) is 0.420. The fourth-order valence-electron chi connectivity index (χ4n) is 3.23. The number of non-ortho nitro benzene ring substituents is 1. The summed E-state index contributed by atoms with van der Waals surface area (Å²) >= 11 is 0. The summed E-state index contributed by atoms with van der Waals surface area (Å²) in [5.41, 5.74) is 6.67. The molecule has 1 aromatic carbocycles. The number of aliphatic hydroxyl groups excluding tert-OH is 1. The summed E-state index contributed by atoms with van der Waals surface area (Å²) in [5, 5.41) is 20.3. The van der Waals surface area contributed by atoms with Crippen molar-refractivity contribution in [3.05, 3.63) is 51.3 Å². The van der Waals surface area contributed by atoms with Gasteiger partial charge >= 0.3 is 5.97 Å². The number of aliphatic hydroxyl groups is 1. The Labute approximate surface area is 142 Å². The van der Waals surface area contributed by atoms with Gasteiger partial charge < -0.3 is 15.6 Å². The zero-order chi connectivity index (χ0) is 18.3. The Hall–Kier alpha value is -2.94. The molecule has 25 heavy (non-hydrogen) atoms. The molecule has 9 nitrogen and oxygen atoms in total. The van der Waals surface area contributed by atoms with Gasteiger partial charge in [-0.15, -0.1) is 0 Å². The maximum absolute atomic E-state index is 12.3. The molecule has 2 heterocycles. The second-order valence-corrected chi connectivity index (χ2v) is 6.12. The second kappa shape index (κ2) is 6.17. The zero-order valence-electron chi connectivity index (χ0n) is 13.4. The molecule has 0 radical (unpaired) electrons. The van der Waals surface area contributed by atoms with E-state index in [1.54, 1.807) is 0 Å². The number of carbonyl (C=O) groups is 2. The molecule has 1 saturated heterocycles. The summed E-state index contributed by atoms with van der Waals surface area (Å²) in [5.74, 6) is -1.63. The Morgan fingerprint density at radius 2 is 2.12 bits per heavy atom. The Morgan fingerprint density at radius 3 is 2.68 bits per heavy atom. The molecule has 132 valence electrons. The van der Waals surface area contributed by atoms with Gasteiger partial charge in [-0.3, -0.25) is 19.8 Å². The molecule has 0 aromatic heterocycles. The molecule has 3 rings (SSSR count). The summed E-state index contributed by atoms with van der Waals surface area (Å²) in [6.45, 7) is 1.43. The third kappa shape index (κ3) is 2.82. The zero-order valence-corrected chi connectivity index (χ0v) is 13.4. The lowest BCUT2D eigenvalue weighted by atomic mass is 9.83. The van der Waals surface area contributed by atoms with Crippen molar-refractivity contribution in [3.8, 4) is 0 Å². The molecule has 9 heteroatoms. The van der Waals surface area contributed by atoms with Crippen LogP contribution in [0, 0.1) is 16.0 Å². The van der Waals surface area contributed by atoms with Gasteiger partial charge in [-0.05, 0) is 24.6 Å². The maximum Gasteiger partial charge on any atom is 0.357 e. The molecule has 0 bridgehead atoms. The molecule has 1 aromatic rings. The van der Waals surface area contributed by atoms with E-state index in [0.717, 1.165) is 0 Å². The first-order valence-corrected chi connectivity index (χ1v) is 7.71. The third-order valence-corrected chi connectivity index (χ3v) is 4.47. The summed E-state index contributed by atoms with van der Waals surface area (Å²) in [4.78, 5) is 35.8. The van der Waals surface area contributed by atoms with Gasteiger partial charge in [0, 0.05) is 24.3 Å². The lowest BCUT2D eigenvalue weighted by Gasteiger charge is -2.44. The van der Waals surface area contributed by atoms with Crippen LogP contribution in [-0.2, 0) is 20.9 Å². The van der Waals surface area contributed by atoms with Crippen LogP contribution in [0.3, 0.4) is 0 Å². The normalized spacial score (nSPS) is 23.1. The van der Waals surface area contributed by atoms with Gasteiger partial charge in [-0.2, -0.15) is 0 Å². The maximum atomic E-state index is 12.3. The Morgan fingerprint density at radius 1 is 1.48 bits per heavy atom. The molecule has 2 aliphatic rings. The number of rotatable bonds is 5. The second-order valence-electron chi connectivity index (χ2n) is 6.12. The number of esters is 1. The largest absolute Gasteiger partial charge is 0.456 e. The number of hydrogen-bond acceptors (Lipinski definition) is 7. The molecule has 1 amide bonds. The van der Waals surface area contributed by atoms with E-state index in [4.69, 9.17) is 10.5 Å². The Balaban J connectivity index is 1.65. The number of β-lactam (4-membered cyclic amide) rings is 1. The van der Waals surface area contributed by atoms with E-state index in [1.807, 2.05) is 0 Å². The predicted molar refractivity (Wildman–Crippen MR) is 84.5 cm³/mol.